The van der Waals surface area contributed by atoms with Crippen molar-refractivity contribution in [3.63, 3.8) is 0 Å². The highest BCUT2D eigenvalue weighted by molar-refractivity contribution is 14.1. The summed E-state index contributed by atoms with van der Waals surface area (Å²) in [6, 6.07) is 11.6. The summed E-state index contributed by atoms with van der Waals surface area (Å²) in [6.07, 6.45) is 3.24. The third-order valence-electron chi connectivity index (χ3n) is 4.22. The van der Waals surface area contributed by atoms with Gasteiger partial charge in [0.2, 0.25) is 0 Å². The smallest absolute Gasteiger partial charge is 0.277 e. The van der Waals surface area contributed by atoms with Crippen LogP contribution in [0.2, 0.25) is 0 Å². The van der Waals surface area contributed by atoms with Gasteiger partial charge in [0.1, 0.15) is 12.4 Å². The molecule has 1 N–H and O–H groups in total. The van der Waals surface area contributed by atoms with Crippen molar-refractivity contribution in [3.05, 3.63) is 63.8 Å². The topological polar surface area (TPSA) is 69.2 Å². The summed E-state index contributed by atoms with van der Waals surface area (Å²) >= 11 is 6.10. The number of thioether (sulfide) groups is 2. The van der Waals surface area contributed by atoms with Crippen LogP contribution in [0.5, 0.6) is 17.2 Å². The molecule has 0 aromatic heterocycles. The molecule has 9 heteroatoms. The van der Waals surface area contributed by atoms with Crippen LogP contribution in [-0.2, 0) is 4.79 Å². The molecule has 0 atom stereocenters. The minimum atomic E-state index is -0.335. The van der Waals surface area contributed by atoms with E-state index >= 15 is 0 Å². The van der Waals surface area contributed by atoms with E-state index < -0.39 is 0 Å². The number of amides is 1. The molecule has 0 unspecified atom stereocenters. The van der Waals surface area contributed by atoms with Crippen LogP contribution in [0.1, 0.15) is 22.6 Å². The van der Waals surface area contributed by atoms with Crippen LogP contribution < -0.4 is 19.6 Å². The zero-order valence-electron chi connectivity index (χ0n) is 17.7. The molecule has 2 aromatic rings. The van der Waals surface area contributed by atoms with Gasteiger partial charge in [-0.25, -0.2) is 5.43 Å². The Balaban J connectivity index is 1.51. The summed E-state index contributed by atoms with van der Waals surface area (Å²) in [5, 5.41) is 4.03. The number of hydrogen-bond acceptors (Lipinski definition) is 7. The lowest BCUT2D eigenvalue weighted by Crippen LogP contribution is -2.24. The number of benzene rings is 2. The van der Waals surface area contributed by atoms with Crippen molar-refractivity contribution in [1.29, 1.82) is 0 Å². The highest BCUT2D eigenvalue weighted by atomic mass is 127. The fourth-order valence-electron chi connectivity index (χ4n) is 2.84. The van der Waals surface area contributed by atoms with E-state index in [4.69, 9.17) is 14.2 Å². The van der Waals surface area contributed by atoms with Gasteiger partial charge >= 0.3 is 0 Å². The molecule has 1 amide bonds. The zero-order chi connectivity index (χ0) is 22.8. The Hall–Kier alpha value is -1.85. The van der Waals surface area contributed by atoms with E-state index in [9.17, 15) is 4.79 Å². The third-order valence-corrected chi connectivity index (χ3v) is 8.13. The van der Waals surface area contributed by atoms with Gasteiger partial charge in [-0.15, -0.1) is 23.5 Å². The van der Waals surface area contributed by atoms with Gasteiger partial charge in [-0.2, -0.15) is 5.10 Å². The van der Waals surface area contributed by atoms with Crippen LogP contribution in [0.4, 0.5) is 0 Å². The first-order chi connectivity index (χ1) is 15.6. The molecule has 3 rings (SSSR count). The Kier molecular flexibility index (Phi) is 10.1. The number of ether oxygens (including phenoxy) is 3. The number of carbonyl (C=O) groups is 1. The fraction of sp³-hybridized carbons (Fsp3) is 0.304. The van der Waals surface area contributed by atoms with Crippen molar-refractivity contribution in [2.45, 2.75) is 11.5 Å². The van der Waals surface area contributed by atoms with Crippen LogP contribution in [-0.4, -0.2) is 43.4 Å². The maximum absolute atomic E-state index is 12.1. The summed E-state index contributed by atoms with van der Waals surface area (Å²) in [7, 11) is 0. The first-order valence-electron chi connectivity index (χ1n) is 10.1. The Morgan fingerprint density at radius 2 is 1.97 bits per heavy atom. The number of hydrogen-bond donors (Lipinski definition) is 1. The van der Waals surface area contributed by atoms with Crippen LogP contribution in [0.3, 0.4) is 0 Å². The molecule has 1 aliphatic rings. The standard InChI is InChI=1S/C23H25IN2O4S2/c1-3-9-29-22-19(24)12-16(13-20(22)28-4-2)14-25-26-21(27)15-30-18-7-5-17(6-8-18)23-31-10-11-32-23/h3,5-8,12-14,23H,1,4,9-11,15H2,2H3,(H,26,27)/b25-14-. The van der Waals surface area contributed by atoms with Gasteiger partial charge in [0, 0.05) is 11.5 Å². The molecule has 0 aliphatic carbocycles. The highest BCUT2D eigenvalue weighted by Gasteiger charge is 2.18. The number of carbonyl (C=O) groups excluding carboxylic acids is 1. The SMILES string of the molecule is C=CCOc1c(I)cc(/C=N\NC(=O)COc2ccc(C3SCCS3)cc2)cc1OCC. The molecule has 1 saturated heterocycles. The second-order valence-corrected chi connectivity index (χ2v) is 10.5. The zero-order valence-corrected chi connectivity index (χ0v) is 21.5. The molecule has 1 heterocycles. The summed E-state index contributed by atoms with van der Waals surface area (Å²) < 4.78 is 18.3. The van der Waals surface area contributed by atoms with Gasteiger partial charge < -0.3 is 14.2 Å². The Labute approximate surface area is 210 Å². The van der Waals surface area contributed by atoms with E-state index in [1.165, 1.54) is 17.1 Å². The quantitative estimate of drug-likeness (QED) is 0.168. The van der Waals surface area contributed by atoms with Gasteiger partial charge in [0.05, 0.1) is 21.0 Å². The molecule has 32 heavy (non-hydrogen) atoms. The molecule has 0 bridgehead atoms. The molecule has 6 nitrogen and oxygen atoms in total. The number of hydrazone groups is 1. The van der Waals surface area contributed by atoms with Gasteiger partial charge in [0.25, 0.3) is 5.91 Å². The van der Waals surface area contributed by atoms with Gasteiger partial charge in [-0.3, -0.25) is 4.79 Å². The second-order valence-electron chi connectivity index (χ2n) is 6.59. The monoisotopic (exact) mass is 584 g/mol. The van der Waals surface area contributed by atoms with Crippen LogP contribution >= 0.6 is 46.1 Å². The van der Waals surface area contributed by atoms with Crippen LogP contribution in [0, 0.1) is 3.57 Å². The molecule has 1 aliphatic heterocycles. The second kappa shape index (κ2) is 13.0. The van der Waals surface area contributed by atoms with Crippen molar-refractivity contribution in [1.82, 2.24) is 5.43 Å². The van der Waals surface area contributed by atoms with Crippen molar-refractivity contribution in [3.8, 4) is 17.2 Å². The van der Waals surface area contributed by atoms with E-state index in [1.807, 2.05) is 54.7 Å². The molecule has 0 spiro atoms. The van der Waals surface area contributed by atoms with Crippen molar-refractivity contribution < 1.29 is 19.0 Å². The first kappa shape index (κ1) is 24.8. The molecule has 0 saturated carbocycles. The Morgan fingerprint density at radius 1 is 1.22 bits per heavy atom. The van der Waals surface area contributed by atoms with E-state index in [0.29, 0.717) is 35.0 Å². The Bertz CT molecular complexity index is 948. The van der Waals surface area contributed by atoms with Crippen molar-refractivity contribution in [2.75, 3.05) is 31.3 Å². The minimum absolute atomic E-state index is 0.111. The lowest BCUT2D eigenvalue weighted by atomic mass is 10.2. The molecular formula is C23H25IN2O4S2. The van der Waals surface area contributed by atoms with Crippen molar-refractivity contribution >= 4 is 58.2 Å². The number of halogens is 1. The molecule has 0 radical (unpaired) electrons. The summed E-state index contributed by atoms with van der Waals surface area (Å²) in [4.78, 5) is 12.1. The lowest BCUT2D eigenvalue weighted by Gasteiger charge is -2.13. The average molecular weight is 585 g/mol. The van der Waals surface area contributed by atoms with E-state index in [2.05, 4.69) is 51.8 Å². The number of nitrogens with zero attached hydrogens (tertiary/aromatic N) is 1. The molecule has 2 aromatic carbocycles. The predicted octanol–water partition coefficient (Wildman–Crippen LogP) is 5.26. The summed E-state index contributed by atoms with van der Waals surface area (Å²) in [6.45, 7) is 6.36. The van der Waals surface area contributed by atoms with Gasteiger partial charge in [0.15, 0.2) is 18.1 Å². The average Bonchev–Trinajstić information content (AvgIpc) is 3.33. The van der Waals surface area contributed by atoms with Crippen LogP contribution in [0.15, 0.2) is 54.2 Å². The van der Waals surface area contributed by atoms with E-state index in [-0.39, 0.29) is 12.5 Å². The maximum Gasteiger partial charge on any atom is 0.277 e. The Morgan fingerprint density at radius 3 is 2.66 bits per heavy atom. The normalized spacial score (nSPS) is 13.8. The number of rotatable bonds is 11. The minimum Gasteiger partial charge on any atom is -0.490 e. The number of nitrogens with one attached hydrogen (secondary N) is 1. The predicted molar refractivity (Wildman–Crippen MR) is 141 cm³/mol. The molecular weight excluding hydrogens is 559 g/mol. The highest BCUT2D eigenvalue weighted by Crippen LogP contribution is 2.45. The van der Waals surface area contributed by atoms with E-state index in [0.717, 1.165) is 9.13 Å². The fourth-order valence-corrected chi connectivity index (χ4v) is 6.48. The molecule has 1 fully saturated rings. The maximum atomic E-state index is 12.1. The third kappa shape index (κ3) is 7.35. The van der Waals surface area contributed by atoms with Crippen LogP contribution in [0.25, 0.3) is 0 Å². The first-order valence-corrected chi connectivity index (χ1v) is 13.3. The largest absolute Gasteiger partial charge is 0.490 e. The van der Waals surface area contributed by atoms with Gasteiger partial charge in [-0.1, -0.05) is 24.8 Å². The lowest BCUT2D eigenvalue weighted by molar-refractivity contribution is -0.123. The van der Waals surface area contributed by atoms with E-state index in [1.54, 1.807) is 12.3 Å². The molecule has 170 valence electrons. The van der Waals surface area contributed by atoms with Gasteiger partial charge in [-0.05, 0) is 64.9 Å². The summed E-state index contributed by atoms with van der Waals surface area (Å²) in [5.41, 5.74) is 4.55. The van der Waals surface area contributed by atoms with Crippen molar-refractivity contribution in [2.24, 2.45) is 5.10 Å². The summed E-state index contributed by atoms with van der Waals surface area (Å²) in [5.74, 6) is 3.99.